The van der Waals surface area contributed by atoms with Gasteiger partial charge in [0.1, 0.15) is 0 Å². The summed E-state index contributed by atoms with van der Waals surface area (Å²) in [6.07, 6.45) is 0. The van der Waals surface area contributed by atoms with Crippen molar-refractivity contribution in [2.45, 2.75) is 13.8 Å². The molecule has 2 aromatic heterocycles. The molecule has 0 aliphatic rings. The van der Waals surface area contributed by atoms with Crippen molar-refractivity contribution in [1.29, 1.82) is 0 Å². The number of rotatable bonds is 2. The van der Waals surface area contributed by atoms with Crippen molar-refractivity contribution in [2.75, 3.05) is 0 Å². The van der Waals surface area contributed by atoms with Gasteiger partial charge in [-0.3, -0.25) is 0 Å². The topological polar surface area (TPSA) is 28.7 Å². The Labute approximate surface area is 158 Å². The van der Waals surface area contributed by atoms with Crippen LogP contribution in [-0.2, 0) is 0 Å². The Morgan fingerprint density at radius 3 is 2.11 bits per heavy atom. The van der Waals surface area contributed by atoms with E-state index in [0.717, 1.165) is 22.3 Å². The van der Waals surface area contributed by atoms with Gasteiger partial charge in [0.15, 0.2) is 0 Å². The van der Waals surface area contributed by atoms with Crippen LogP contribution >= 0.6 is 0 Å². The highest BCUT2D eigenvalue weighted by molar-refractivity contribution is 6.11. The van der Waals surface area contributed by atoms with E-state index in [9.17, 15) is 0 Å². The first kappa shape index (κ1) is 15.8. The third-order valence-corrected chi connectivity index (χ3v) is 5.40. The number of pyridine rings is 1. The summed E-state index contributed by atoms with van der Waals surface area (Å²) in [7, 11) is 0. The maximum atomic E-state index is 5.11. The first-order chi connectivity index (χ1) is 13.2. The van der Waals surface area contributed by atoms with E-state index < -0.39 is 0 Å². The minimum absolute atomic E-state index is 1.01. The lowest BCUT2D eigenvalue weighted by atomic mass is 9.96. The number of hydrogen-bond acceptors (Lipinski definition) is 1. The Balaban J connectivity index is 1.94. The summed E-state index contributed by atoms with van der Waals surface area (Å²) in [6, 6.07) is 27.6. The number of benzene rings is 3. The minimum atomic E-state index is 1.01. The third-order valence-electron chi connectivity index (χ3n) is 5.40. The molecule has 0 unspecified atom stereocenters. The van der Waals surface area contributed by atoms with Crippen molar-refractivity contribution < 1.29 is 0 Å². The molecule has 0 radical (unpaired) electrons. The second kappa shape index (κ2) is 6.10. The lowest BCUT2D eigenvalue weighted by Gasteiger charge is -2.12. The Bertz CT molecular complexity index is 1270. The number of aromatic amines is 1. The van der Waals surface area contributed by atoms with Gasteiger partial charge in [-0.15, -0.1) is 0 Å². The number of H-pyrrole nitrogens is 1. The van der Waals surface area contributed by atoms with Crippen LogP contribution < -0.4 is 0 Å². The fourth-order valence-corrected chi connectivity index (χ4v) is 3.87. The van der Waals surface area contributed by atoms with Crippen molar-refractivity contribution >= 4 is 21.8 Å². The Hall–Kier alpha value is -3.39. The van der Waals surface area contributed by atoms with Crippen LogP contribution in [0.3, 0.4) is 0 Å². The van der Waals surface area contributed by atoms with E-state index in [4.69, 9.17) is 4.98 Å². The predicted octanol–water partition coefficient (Wildman–Crippen LogP) is 6.67. The second-order valence-electron chi connectivity index (χ2n) is 7.05. The van der Waals surface area contributed by atoms with E-state index >= 15 is 0 Å². The van der Waals surface area contributed by atoms with Crippen LogP contribution in [0.1, 0.15) is 11.3 Å². The number of aromatic nitrogens is 2. The van der Waals surface area contributed by atoms with Gasteiger partial charge in [0, 0.05) is 27.5 Å². The lowest BCUT2D eigenvalue weighted by Crippen LogP contribution is -1.91. The highest BCUT2D eigenvalue weighted by Gasteiger charge is 2.15. The van der Waals surface area contributed by atoms with Crippen molar-refractivity contribution in [3.8, 4) is 22.4 Å². The molecule has 0 spiro atoms. The maximum Gasteiger partial charge on any atom is 0.0812 e. The van der Waals surface area contributed by atoms with Gasteiger partial charge in [0.25, 0.3) is 0 Å². The molecule has 0 bridgehead atoms. The van der Waals surface area contributed by atoms with E-state index in [1.54, 1.807) is 0 Å². The Morgan fingerprint density at radius 1 is 0.741 bits per heavy atom. The van der Waals surface area contributed by atoms with Crippen LogP contribution in [-0.4, -0.2) is 9.97 Å². The predicted molar refractivity (Wildman–Crippen MR) is 114 cm³/mol. The summed E-state index contributed by atoms with van der Waals surface area (Å²) in [5.74, 6) is 0. The molecule has 0 atom stereocenters. The van der Waals surface area contributed by atoms with Gasteiger partial charge in [-0.25, -0.2) is 4.98 Å². The highest BCUT2D eigenvalue weighted by atomic mass is 14.7. The molecule has 0 aliphatic heterocycles. The van der Waals surface area contributed by atoms with Crippen LogP contribution in [0.5, 0.6) is 0 Å². The van der Waals surface area contributed by atoms with Gasteiger partial charge in [0.2, 0.25) is 0 Å². The summed E-state index contributed by atoms with van der Waals surface area (Å²) in [6.45, 7) is 4.30. The van der Waals surface area contributed by atoms with E-state index in [1.807, 2.05) is 6.07 Å². The first-order valence-corrected chi connectivity index (χ1v) is 9.26. The molecular formula is C25H20N2. The average molecular weight is 348 g/mol. The fraction of sp³-hybridized carbons (Fsp3) is 0.0800. The SMILES string of the molecule is Cc1[nH]c2ccc3c(-c4ccccc4)cc(-c4ccccc4)nc3c2c1C. The maximum absolute atomic E-state index is 5.11. The Kier molecular flexibility index (Phi) is 3.58. The standard InChI is InChI=1S/C25H20N2/c1-16-17(2)26-22-14-13-20-21(18-9-5-3-6-10-18)15-23(27-25(20)24(16)22)19-11-7-4-8-12-19/h3-15,26H,1-2H3. The van der Waals surface area contributed by atoms with Gasteiger partial charge in [-0.05, 0) is 42.7 Å². The fourth-order valence-electron chi connectivity index (χ4n) is 3.87. The van der Waals surface area contributed by atoms with Gasteiger partial charge >= 0.3 is 0 Å². The number of nitrogens with one attached hydrogen (secondary N) is 1. The zero-order valence-corrected chi connectivity index (χ0v) is 15.5. The number of hydrogen-bond donors (Lipinski definition) is 1. The molecule has 130 valence electrons. The van der Waals surface area contributed by atoms with Gasteiger partial charge in [0.05, 0.1) is 11.2 Å². The normalized spacial score (nSPS) is 11.3. The molecule has 2 heterocycles. The monoisotopic (exact) mass is 348 g/mol. The quantitative estimate of drug-likeness (QED) is 0.379. The molecule has 5 rings (SSSR count). The molecule has 2 nitrogen and oxygen atoms in total. The molecule has 3 aromatic carbocycles. The largest absolute Gasteiger partial charge is 0.358 e. The highest BCUT2D eigenvalue weighted by Crippen LogP contribution is 2.36. The van der Waals surface area contributed by atoms with Crippen LogP contribution in [0.15, 0.2) is 78.9 Å². The van der Waals surface area contributed by atoms with Crippen molar-refractivity contribution in [1.82, 2.24) is 9.97 Å². The zero-order chi connectivity index (χ0) is 18.4. The van der Waals surface area contributed by atoms with Crippen LogP contribution in [0.25, 0.3) is 44.2 Å². The molecule has 0 aliphatic carbocycles. The minimum Gasteiger partial charge on any atom is -0.358 e. The molecule has 5 aromatic rings. The van der Waals surface area contributed by atoms with E-state index in [-0.39, 0.29) is 0 Å². The molecule has 0 amide bonds. The molecular weight excluding hydrogens is 328 g/mol. The molecule has 2 heteroatoms. The van der Waals surface area contributed by atoms with Crippen molar-refractivity contribution in [3.05, 3.63) is 90.1 Å². The molecule has 0 fully saturated rings. The molecule has 27 heavy (non-hydrogen) atoms. The van der Waals surface area contributed by atoms with E-state index in [1.165, 1.54) is 33.2 Å². The number of nitrogens with zero attached hydrogens (tertiary/aromatic N) is 1. The summed E-state index contributed by atoms with van der Waals surface area (Å²) in [5, 5.41) is 2.41. The summed E-state index contributed by atoms with van der Waals surface area (Å²) >= 11 is 0. The molecule has 0 saturated carbocycles. The van der Waals surface area contributed by atoms with Crippen LogP contribution in [0, 0.1) is 13.8 Å². The van der Waals surface area contributed by atoms with Gasteiger partial charge < -0.3 is 4.98 Å². The third kappa shape index (κ3) is 2.53. The lowest BCUT2D eigenvalue weighted by molar-refractivity contribution is 1.25. The summed E-state index contributed by atoms with van der Waals surface area (Å²) < 4.78 is 0. The molecule has 1 N–H and O–H groups in total. The first-order valence-electron chi connectivity index (χ1n) is 9.26. The molecule has 0 saturated heterocycles. The number of aryl methyl sites for hydroxylation is 2. The second-order valence-corrected chi connectivity index (χ2v) is 7.05. The zero-order valence-electron chi connectivity index (χ0n) is 15.5. The van der Waals surface area contributed by atoms with Crippen molar-refractivity contribution in [2.24, 2.45) is 0 Å². The van der Waals surface area contributed by atoms with Crippen LogP contribution in [0.2, 0.25) is 0 Å². The summed E-state index contributed by atoms with van der Waals surface area (Å²) in [5.41, 5.74) is 9.26. The van der Waals surface area contributed by atoms with E-state index in [2.05, 4.69) is 91.6 Å². The van der Waals surface area contributed by atoms with Crippen molar-refractivity contribution in [3.63, 3.8) is 0 Å². The van der Waals surface area contributed by atoms with Crippen LogP contribution in [0.4, 0.5) is 0 Å². The van der Waals surface area contributed by atoms with Gasteiger partial charge in [-0.2, -0.15) is 0 Å². The number of fused-ring (bicyclic) bond motifs is 3. The average Bonchev–Trinajstić information content (AvgIpc) is 3.02. The Morgan fingerprint density at radius 2 is 1.41 bits per heavy atom. The summed E-state index contributed by atoms with van der Waals surface area (Å²) in [4.78, 5) is 8.61. The van der Waals surface area contributed by atoms with Gasteiger partial charge in [-0.1, -0.05) is 66.7 Å². The smallest absolute Gasteiger partial charge is 0.0812 e. The van der Waals surface area contributed by atoms with E-state index in [0.29, 0.717) is 0 Å².